The van der Waals surface area contributed by atoms with Crippen molar-refractivity contribution in [3.05, 3.63) is 59.2 Å². The van der Waals surface area contributed by atoms with Crippen LogP contribution in [0.2, 0.25) is 0 Å². The van der Waals surface area contributed by atoms with Crippen molar-refractivity contribution in [1.29, 1.82) is 0 Å². The first-order valence-electron chi connectivity index (χ1n) is 5.34. The van der Waals surface area contributed by atoms with E-state index < -0.39 is 11.7 Å². The van der Waals surface area contributed by atoms with Crippen molar-refractivity contribution in [2.75, 3.05) is 0 Å². The van der Waals surface area contributed by atoms with Gasteiger partial charge in [-0.25, -0.2) is 0 Å². The molecule has 0 spiro atoms. The molecule has 5 heteroatoms. The zero-order chi connectivity index (χ0) is 12.9. The van der Waals surface area contributed by atoms with E-state index >= 15 is 0 Å². The fraction of sp³-hybridized carbons (Fsp3) is 0.0714. The second kappa shape index (κ2) is 4.55. The molecule has 2 aromatic carbocycles. The van der Waals surface area contributed by atoms with Gasteiger partial charge in [-0.05, 0) is 23.3 Å². The molecule has 95 valence electrons. The molecule has 0 saturated carbocycles. The molecule has 3 rings (SSSR count). The molecule has 1 nitrogen and oxygen atoms in total. The first-order chi connectivity index (χ1) is 8.48. The molecule has 0 aliphatic heterocycles. The molecule has 1 aliphatic rings. The van der Waals surface area contributed by atoms with E-state index in [9.17, 15) is 18.0 Å². The van der Waals surface area contributed by atoms with Crippen LogP contribution in [0.25, 0.3) is 11.1 Å². The smallest absolute Gasteiger partial charge is 0.289 e. The van der Waals surface area contributed by atoms with E-state index in [1.165, 1.54) is 6.07 Å². The Morgan fingerprint density at radius 3 is 2.00 bits per heavy atom. The second-order valence-electron chi connectivity index (χ2n) is 4.13. The molecule has 0 N–H and O–H groups in total. The predicted octanol–water partition coefficient (Wildman–Crippen LogP) is 3.91. The summed E-state index contributed by atoms with van der Waals surface area (Å²) in [5, 5.41) is 0. The molecule has 0 atom stereocenters. The van der Waals surface area contributed by atoms with Crippen molar-refractivity contribution < 1.29 is 36.5 Å². The van der Waals surface area contributed by atoms with Crippen LogP contribution in [0.1, 0.15) is 21.5 Å². The normalized spacial score (nSPS) is 12.7. The Morgan fingerprint density at radius 2 is 1.37 bits per heavy atom. The zero-order valence-corrected chi connectivity index (χ0v) is 10.9. The third-order valence-electron chi connectivity index (χ3n) is 3.05. The second-order valence-corrected chi connectivity index (χ2v) is 4.13. The minimum atomic E-state index is -4.43. The molecule has 0 heterocycles. The molecule has 1 radical (unpaired) electrons. The van der Waals surface area contributed by atoms with Gasteiger partial charge >= 0.3 is 6.18 Å². The fourth-order valence-corrected chi connectivity index (χ4v) is 2.20. The topological polar surface area (TPSA) is 17.1 Å². The number of fused-ring (bicyclic) bond motifs is 3. The van der Waals surface area contributed by atoms with Crippen LogP contribution in [0.4, 0.5) is 13.2 Å². The van der Waals surface area contributed by atoms with Crippen molar-refractivity contribution in [3.8, 4) is 11.1 Å². The summed E-state index contributed by atoms with van der Waals surface area (Å²) in [7, 11) is 0. The van der Waals surface area contributed by atoms with Crippen molar-refractivity contribution in [2.24, 2.45) is 0 Å². The first-order valence-corrected chi connectivity index (χ1v) is 5.34. The Labute approximate surface area is 119 Å². The Bertz CT molecular complexity index is 662. The number of halogens is 3. The third-order valence-corrected chi connectivity index (χ3v) is 3.05. The molecule has 0 unspecified atom stereocenters. The standard InChI is InChI=1S/C14H7F3O.V/c15-14(16,17)8-5-6-10-9-3-1-2-4-11(9)13(18)12(10)7-8;/h1-7H;. The molecule has 0 amide bonds. The van der Waals surface area contributed by atoms with E-state index in [0.717, 1.165) is 12.1 Å². The summed E-state index contributed by atoms with van der Waals surface area (Å²) < 4.78 is 37.8. The number of ketones is 1. The summed E-state index contributed by atoms with van der Waals surface area (Å²) in [6, 6.07) is 10.1. The van der Waals surface area contributed by atoms with Crippen LogP contribution in [-0.2, 0) is 24.7 Å². The van der Waals surface area contributed by atoms with E-state index in [0.29, 0.717) is 16.7 Å². The molecular weight excluding hydrogens is 292 g/mol. The van der Waals surface area contributed by atoms with E-state index in [-0.39, 0.29) is 29.9 Å². The predicted molar refractivity (Wildman–Crippen MR) is 60.3 cm³/mol. The number of benzene rings is 2. The third kappa shape index (κ3) is 2.11. The molecular formula is C14H7F3OV. The number of hydrogen-bond acceptors (Lipinski definition) is 1. The quantitative estimate of drug-likeness (QED) is 0.615. The summed E-state index contributed by atoms with van der Waals surface area (Å²) in [5.41, 5.74) is 1.08. The number of rotatable bonds is 0. The Kier molecular flexibility index (Phi) is 3.33. The number of alkyl halides is 3. The maximum atomic E-state index is 12.6. The van der Waals surface area contributed by atoms with Gasteiger partial charge in [0.05, 0.1) is 5.56 Å². The van der Waals surface area contributed by atoms with E-state index in [4.69, 9.17) is 0 Å². The van der Waals surface area contributed by atoms with Gasteiger partial charge in [0.15, 0.2) is 5.78 Å². The number of carbonyl (C=O) groups is 1. The van der Waals surface area contributed by atoms with Crippen LogP contribution in [0.3, 0.4) is 0 Å². The molecule has 0 aromatic heterocycles. The van der Waals surface area contributed by atoms with Gasteiger partial charge in [0.1, 0.15) is 0 Å². The van der Waals surface area contributed by atoms with Crippen LogP contribution < -0.4 is 0 Å². The van der Waals surface area contributed by atoms with Crippen LogP contribution in [0.15, 0.2) is 42.5 Å². The van der Waals surface area contributed by atoms with Gasteiger partial charge in [0.25, 0.3) is 0 Å². The van der Waals surface area contributed by atoms with Crippen LogP contribution in [0, 0.1) is 0 Å². The summed E-state index contributed by atoms with van der Waals surface area (Å²) in [6.07, 6.45) is -4.43. The maximum absolute atomic E-state index is 12.6. The molecule has 0 bridgehead atoms. The maximum Gasteiger partial charge on any atom is 0.416 e. The van der Waals surface area contributed by atoms with Gasteiger partial charge < -0.3 is 0 Å². The van der Waals surface area contributed by atoms with Gasteiger partial charge in [0, 0.05) is 29.7 Å². The van der Waals surface area contributed by atoms with Crippen molar-refractivity contribution in [3.63, 3.8) is 0 Å². The van der Waals surface area contributed by atoms with Gasteiger partial charge in [-0.1, -0.05) is 30.3 Å². The van der Waals surface area contributed by atoms with Crippen molar-refractivity contribution >= 4 is 5.78 Å². The van der Waals surface area contributed by atoms with Crippen LogP contribution in [-0.4, -0.2) is 5.78 Å². The average Bonchev–Trinajstić information content (AvgIpc) is 2.63. The fourth-order valence-electron chi connectivity index (χ4n) is 2.20. The zero-order valence-electron chi connectivity index (χ0n) is 9.53. The first kappa shape index (κ1) is 13.9. The minimum Gasteiger partial charge on any atom is -0.289 e. The van der Waals surface area contributed by atoms with Gasteiger partial charge in [-0.15, -0.1) is 0 Å². The average molecular weight is 299 g/mol. The van der Waals surface area contributed by atoms with Crippen molar-refractivity contribution in [1.82, 2.24) is 0 Å². The minimum absolute atomic E-state index is 0. The van der Waals surface area contributed by atoms with E-state index in [1.807, 2.05) is 0 Å². The van der Waals surface area contributed by atoms with Crippen LogP contribution >= 0.6 is 0 Å². The Balaban J connectivity index is 0.00000133. The van der Waals surface area contributed by atoms with Crippen molar-refractivity contribution in [2.45, 2.75) is 6.18 Å². The van der Waals surface area contributed by atoms with Gasteiger partial charge in [0.2, 0.25) is 0 Å². The molecule has 2 aromatic rings. The molecule has 1 aliphatic carbocycles. The summed E-state index contributed by atoms with van der Waals surface area (Å²) in [4.78, 5) is 12.0. The molecule has 0 saturated heterocycles. The Hall–Kier alpha value is -1.52. The van der Waals surface area contributed by atoms with Crippen LogP contribution in [0.5, 0.6) is 0 Å². The van der Waals surface area contributed by atoms with Gasteiger partial charge in [-0.2, -0.15) is 13.2 Å². The Morgan fingerprint density at radius 1 is 0.789 bits per heavy atom. The number of hydrogen-bond donors (Lipinski definition) is 0. The van der Waals surface area contributed by atoms with E-state index in [1.54, 1.807) is 24.3 Å². The SMILES string of the molecule is O=C1c2ccccc2-c2ccc(C(F)(F)F)cc21.[V]. The summed E-state index contributed by atoms with van der Waals surface area (Å²) in [5.74, 6) is -0.341. The summed E-state index contributed by atoms with van der Waals surface area (Å²) >= 11 is 0. The molecule has 19 heavy (non-hydrogen) atoms. The largest absolute Gasteiger partial charge is 0.416 e. The monoisotopic (exact) mass is 299 g/mol. The summed E-state index contributed by atoms with van der Waals surface area (Å²) in [6.45, 7) is 0. The van der Waals surface area contributed by atoms with Gasteiger partial charge in [-0.3, -0.25) is 4.79 Å². The molecule has 0 fully saturated rings. The number of carbonyl (C=O) groups excluding carboxylic acids is 1. The van der Waals surface area contributed by atoms with E-state index in [2.05, 4.69) is 0 Å².